The van der Waals surface area contributed by atoms with Crippen molar-refractivity contribution in [2.24, 2.45) is 0 Å². The van der Waals surface area contributed by atoms with E-state index >= 15 is 0 Å². The van der Waals surface area contributed by atoms with Gasteiger partial charge in [0.1, 0.15) is 5.01 Å². The fraction of sp³-hybridized carbons (Fsp3) is 0.150. The van der Waals surface area contributed by atoms with Gasteiger partial charge in [0.25, 0.3) is 0 Å². The summed E-state index contributed by atoms with van der Waals surface area (Å²) in [5.41, 5.74) is 1.07. The first kappa shape index (κ1) is 20.5. The van der Waals surface area contributed by atoms with Gasteiger partial charge < -0.3 is 10.6 Å². The lowest BCUT2D eigenvalue weighted by molar-refractivity contribution is -0.137. The number of carbonyl (C=O) groups excluding carboxylic acids is 2. The number of aromatic nitrogens is 1. The van der Waals surface area contributed by atoms with Crippen LogP contribution in [0.5, 0.6) is 0 Å². The molecule has 0 spiro atoms. The molecule has 9 heteroatoms. The fourth-order valence-electron chi connectivity index (χ4n) is 2.45. The van der Waals surface area contributed by atoms with Crippen molar-refractivity contribution in [3.05, 3.63) is 71.2 Å². The second kappa shape index (κ2) is 8.87. The van der Waals surface area contributed by atoms with Gasteiger partial charge in [-0.05, 0) is 24.3 Å². The van der Waals surface area contributed by atoms with Gasteiger partial charge >= 0.3 is 18.0 Å². The van der Waals surface area contributed by atoms with Crippen molar-refractivity contribution in [2.45, 2.75) is 12.6 Å². The van der Waals surface area contributed by atoms with Crippen LogP contribution in [0.1, 0.15) is 11.3 Å². The zero-order chi connectivity index (χ0) is 20.9. The van der Waals surface area contributed by atoms with E-state index in [0.717, 1.165) is 12.1 Å². The topological polar surface area (TPSA) is 71.1 Å². The largest absolute Gasteiger partial charge is 0.416 e. The molecule has 0 unspecified atom stereocenters. The molecule has 0 aliphatic carbocycles. The average Bonchev–Trinajstić information content (AvgIpc) is 3.17. The molecular formula is C20H16F3N3O2S. The van der Waals surface area contributed by atoms with Crippen LogP contribution in [0.4, 0.5) is 18.9 Å². The second-order valence-corrected chi connectivity index (χ2v) is 6.90. The number of hydrogen-bond donors (Lipinski definition) is 2. The maximum atomic E-state index is 12.6. The molecule has 0 atom stereocenters. The predicted molar refractivity (Wildman–Crippen MR) is 104 cm³/mol. The number of hydrogen-bond acceptors (Lipinski definition) is 4. The van der Waals surface area contributed by atoms with Gasteiger partial charge in [0.05, 0.1) is 11.3 Å². The highest BCUT2D eigenvalue weighted by Crippen LogP contribution is 2.31. The number of alkyl halides is 3. The molecule has 1 aromatic heterocycles. The molecule has 3 rings (SSSR count). The number of anilines is 1. The Balaban J connectivity index is 1.50. The summed E-state index contributed by atoms with van der Waals surface area (Å²) in [6, 6.07) is 13.4. The van der Waals surface area contributed by atoms with Gasteiger partial charge in [-0.15, -0.1) is 11.3 Å². The Morgan fingerprint density at radius 3 is 2.31 bits per heavy atom. The Morgan fingerprint density at radius 1 is 0.966 bits per heavy atom. The van der Waals surface area contributed by atoms with Crippen LogP contribution in [0, 0.1) is 0 Å². The van der Waals surface area contributed by atoms with Crippen molar-refractivity contribution in [1.82, 2.24) is 10.3 Å². The summed E-state index contributed by atoms with van der Waals surface area (Å²) in [4.78, 5) is 28.0. The number of nitrogens with zero attached hydrogens (tertiary/aromatic N) is 1. The summed E-state index contributed by atoms with van der Waals surface area (Å²) in [7, 11) is 0. The number of nitrogens with one attached hydrogen (secondary N) is 2. The molecule has 0 fully saturated rings. The van der Waals surface area contributed by atoms with Crippen LogP contribution in [-0.2, 0) is 22.2 Å². The molecule has 3 aromatic rings. The van der Waals surface area contributed by atoms with E-state index in [1.54, 1.807) is 35.7 Å². The van der Waals surface area contributed by atoms with E-state index in [9.17, 15) is 22.8 Å². The third-order valence-corrected chi connectivity index (χ3v) is 4.86. The highest BCUT2D eigenvalue weighted by molar-refractivity contribution is 7.13. The Hall–Kier alpha value is -3.20. The molecule has 0 saturated carbocycles. The van der Waals surface area contributed by atoms with Crippen molar-refractivity contribution < 1.29 is 22.8 Å². The zero-order valence-electron chi connectivity index (χ0n) is 15.0. The van der Waals surface area contributed by atoms with Crippen LogP contribution in [0.25, 0.3) is 10.6 Å². The maximum absolute atomic E-state index is 12.6. The van der Waals surface area contributed by atoms with Crippen LogP contribution in [0.3, 0.4) is 0 Å². The third-order valence-electron chi connectivity index (χ3n) is 3.92. The Labute approximate surface area is 168 Å². The molecule has 0 aliphatic heterocycles. The molecule has 0 radical (unpaired) electrons. The summed E-state index contributed by atoms with van der Waals surface area (Å²) >= 11 is 1.30. The minimum absolute atomic E-state index is 0.206. The second-order valence-electron chi connectivity index (χ2n) is 6.05. The first-order valence-corrected chi connectivity index (χ1v) is 9.47. The highest BCUT2D eigenvalue weighted by Gasteiger charge is 2.30. The van der Waals surface area contributed by atoms with Crippen LogP contribution < -0.4 is 10.6 Å². The third kappa shape index (κ3) is 5.64. The molecule has 150 valence electrons. The predicted octanol–water partition coefficient (Wildman–Crippen LogP) is 4.13. The number of halogens is 3. The van der Waals surface area contributed by atoms with Gasteiger partial charge in [0, 0.05) is 29.6 Å². The number of rotatable bonds is 5. The van der Waals surface area contributed by atoms with E-state index in [1.807, 2.05) is 0 Å². The van der Waals surface area contributed by atoms with Crippen molar-refractivity contribution >= 4 is 28.8 Å². The minimum atomic E-state index is -4.38. The lowest BCUT2D eigenvalue weighted by atomic mass is 10.1. The summed E-state index contributed by atoms with van der Waals surface area (Å²) in [5, 5.41) is 7.35. The zero-order valence-corrected chi connectivity index (χ0v) is 15.8. The average molecular weight is 419 g/mol. The number of benzene rings is 2. The van der Waals surface area contributed by atoms with Crippen LogP contribution in [-0.4, -0.2) is 23.3 Å². The van der Waals surface area contributed by atoms with Gasteiger partial charge in [0.2, 0.25) is 0 Å². The lowest BCUT2D eigenvalue weighted by Crippen LogP contribution is -2.36. The van der Waals surface area contributed by atoms with E-state index in [4.69, 9.17) is 0 Å². The number of amides is 2. The standard InChI is InChI=1S/C20H16F3N3O2S/c21-20(22,23)14-8-6-13(7-9-14)19-26-16(12-29-19)10-11-24-17(27)18(28)25-15-4-2-1-3-5-15/h1-9,12H,10-11H2,(H,24,27)(H,25,28). The van der Waals surface area contributed by atoms with Gasteiger partial charge in [-0.2, -0.15) is 13.2 Å². The van der Waals surface area contributed by atoms with Crippen LogP contribution in [0.2, 0.25) is 0 Å². The number of thiazole rings is 1. The fourth-order valence-corrected chi connectivity index (χ4v) is 3.31. The minimum Gasteiger partial charge on any atom is -0.347 e. The molecule has 0 aliphatic rings. The summed E-state index contributed by atoms with van der Waals surface area (Å²) in [6.45, 7) is 0.206. The maximum Gasteiger partial charge on any atom is 0.416 e. The SMILES string of the molecule is O=C(NCCc1csc(-c2ccc(C(F)(F)F)cc2)n1)C(=O)Nc1ccccc1. The van der Waals surface area contributed by atoms with Crippen molar-refractivity contribution in [3.63, 3.8) is 0 Å². The van der Waals surface area contributed by atoms with Gasteiger partial charge in [-0.1, -0.05) is 30.3 Å². The summed E-state index contributed by atoms with van der Waals surface area (Å²) in [6.07, 6.45) is -3.99. The van der Waals surface area contributed by atoms with Gasteiger partial charge in [-0.3, -0.25) is 9.59 Å². The quantitative estimate of drug-likeness (QED) is 0.611. The van der Waals surface area contributed by atoms with Gasteiger partial charge in [-0.25, -0.2) is 4.98 Å². The summed E-state index contributed by atoms with van der Waals surface area (Å²) in [5.74, 6) is -1.52. The molecule has 0 saturated heterocycles. The molecule has 29 heavy (non-hydrogen) atoms. The molecule has 2 N–H and O–H groups in total. The van der Waals surface area contributed by atoms with E-state index < -0.39 is 23.6 Å². The first-order chi connectivity index (χ1) is 13.8. The monoisotopic (exact) mass is 419 g/mol. The van der Waals surface area contributed by atoms with E-state index in [2.05, 4.69) is 15.6 Å². The Bertz CT molecular complexity index is 986. The molecule has 2 aromatic carbocycles. The lowest BCUT2D eigenvalue weighted by Gasteiger charge is -2.06. The molecule has 2 amide bonds. The Kier molecular flexibility index (Phi) is 6.28. The van der Waals surface area contributed by atoms with Crippen molar-refractivity contribution in [2.75, 3.05) is 11.9 Å². The molecule has 1 heterocycles. The van der Waals surface area contributed by atoms with Crippen molar-refractivity contribution in [1.29, 1.82) is 0 Å². The Morgan fingerprint density at radius 2 is 1.66 bits per heavy atom. The highest BCUT2D eigenvalue weighted by atomic mass is 32.1. The van der Waals surface area contributed by atoms with Crippen LogP contribution >= 0.6 is 11.3 Å². The first-order valence-electron chi connectivity index (χ1n) is 8.59. The normalized spacial score (nSPS) is 11.1. The smallest absolute Gasteiger partial charge is 0.347 e. The van der Waals surface area contributed by atoms with Crippen molar-refractivity contribution in [3.8, 4) is 10.6 Å². The van der Waals surface area contributed by atoms with Crippen LogP contribution in [0.15, 0.2) is 60.0 Å². The van der Waals surface area contributed by atoms with Gasteiger partial charge in [0.15, 0.2) is 0 Å². The molecule has 5 nitrogen and oxygen atoms in total. The summed E-state index contributed by atoms with van der Waals surface area (Å²) < 4.78 is 37.9. The van der Waals surface area contributed by atoms with E-state index in [0.29, 0.717) is 28.4 Å². The molecular weight excluding hydrogens is 403 g/mol. The number of carbonyl (C=O) groups is 2. The van der Waals surface area contributed by atoms with E-state index in [1.165, 1.54) is 23.5 Å². The molecule has 0 bridgehead atoms. The van der Waals surface area contributed by atoms with E-state index in [-0.39, 0.29) is 6.54 Å². The number of para-hydroxylation sites is 1.